The van der Waals surface area contributed by atoms with Gasteiger partial charge in [0.25, 0.3) is 5.91 Å². The normalized spacial score (nSPS) is 15.0. The molecular weight excluding hydrogens is 366 g/mol. The van der Waals surface area contributed by atoms with E-state index in [1.54, 1.807) is 26.4 Å². The van der Waals surface area contributed by atoms with Crippen LogP contribution < -0.4 is 24.6 Å². The van der Waals surface area contributed by atoms with Crippen molar-refractivity contribution >= 4 is 11.6 Å². The average Bonchev–Trinajstić information content (AvgIpc) is 3.28. The van der Waals surface area contributed by atoms with Gasteiger partial charge >= 0.3 is 0 Å². The maximum atomic E-state index is 13.0. The second kappa shape index (κ2) is 9.65. The van der Waals surface area contributed by atoms with Gasteiger partial charge in [-0.2, -0.15) is 0 Å². The second-order valence-corrected chi connectivity index (χ2v) is 7.65. The first-order valence-corrected chi connectivity index (χ1v) is 10.2. The Kier molecular flexibility index (Phi) is 6.99. The third-order valence-corrected chi connectivity index (χ3v) is 5.67. The van der Waals surface area contributed by atoms with Gasteiger partial charge in [-0.05, 0) is 24.3 Å². The lowest BCUT2D eigenvalue weighted by molar-refractivity contribution is -0.918. The van der Waals surface area contributed by atoms with Gasteiger partial charge in [0.05, 0.1) is 33.9 Å². The second-order valence-electron chi connectivity index (χ2n) is 7.65. The molecule has 1 amide bonds. The fourth-order valence-corrected chi connectivity index (χ4v) is 4.04. The van der Waals surface area contributed by atoms with Crippen molar-refractivity contribution in [3.05, 3.63) is 53.6 Å². The van der Waals surface area contributed by atoms with E-state index in [-0.39, 0.29) is 11.9 Å². The summed E-state index contributed by atoms with van der Waals surface area (Å²) in [5, 5.41) is 3.13. The number of likely N-dealkylation sites (tertiary alicyclic amines) is 1. The zero-order valence-electron chi connectivity index (χ0n) is 17.8. The summed E-state index contributed by atoms with van der Waals surface area (Å²) in [5.74, 6) is 0.859. The first kappa shape index (κ1) is 21.0. The number of nitrogens with one attached hydrogen (secondary N) is 2. The van der Waals surface area contributed by atoms with Gasteiger partial charge in [-0.25, -0.2) is 0 Å². The van der Waals surface area contributed by atoms with Crippen LogP contribution in [0.25, 0.3) is 0 Å². The monoisotopic (exact) mass is 398 g/mol. The number of carbonyl (C=O) groups is 1. The lowest BCUT2D eigenvalue weighted by Crippen LogP contribution is -3.11. The maximum absolute atomic E-state index is 13.0. The fraction of sp³-hybridized carbons (Fsp3) is 0.435. The molecule has 0 spiro atoms. The molecule has 1 atom stereocenters. The molecule has 29 heavy (non-hydrogen) atoms. The van der Waals surface area contributed by atoms with Gasteiger partial charge in [0.2, 0.25) is 0 Å². The van der Waals surface area contributed by atoms with Crippen LogP contribution in [0.3, 0.4) is 0 Å². The minimum absolute atomic E-state index is 0.173. The van der Waals surface area contributed by atoms with E-state index in [0.717, 1.165) is 13.1 Å². The van der Waals surface area contributed by atoms with Crippen molar-refractivity contribution in [3.63, 3.8) is 0 Å². The SMILES string of the molecule is COc1cccc(OC)c1C(=O)NC[C@@H](c1ccc(N(C)C)cc1)[NH+]1CCCC1. The van der Waals surface area contributed by atoms with Crippen molar-refractivity contribution in [2.24, 2.45) is 0 Å². The van der Waals surface area contributed by atoms with Crippen LogP contribution in [-0.4, -0.2) is 53.9 Å². The Labute approximate surface area is 173 Å². The molecule has 0 unspecified atom stereocenters. The summed E-state index contributed by atoms with van der Waals surface area (Å²) in [5.41, 5.74) is 2.86. The lowest BCUT2D eigenvalue weighted by atomic mass is 10.0. The van der Waals surface area contributed by atoms with Gasteiger partial charge in [-0.1, -0.05) is 18.2 Å². The van der Waals surface area contributed by atoms with Crippen LogP contribution in [0.15, 0.2) is 42.5 Å². The number of amides is 1. The molecule has 1 aliphatic rings. The maximum Gasteiger partial charge on any atom is 0.259 e. The Morgan fingerprint density at radius 1 is 1.03 bits per heavy atom. The number of rotatable bonds is 8. The summed E-state index contributed by atoms with van der Waals surface area (Å²) < 4.78 is 10.8. The van der Waals surface area contributed by atoms with Crippen molar-refractivity contribution in [3.8, 4) is 11.5 Å². The van der Waals surface area contributed by atoms with E-state index in [0.29, 0.717) is 23.6 Å². The number of benzene rings is 2. The Balaban J connectivity index is 1.80. The van der Waals surface area contributed by atoms with Crippen molar-refractivity contribution < 1.29 is 19.2 Å². The summed E-state index contributed by atoms with van der Waals surface area (Å²) >= 11 is 0. The number of quaternary nitrogens is 1. The molecule has 0 aromatic heterocycles. The quantitative estimate of drug-likeness (QED) is 0.713. The van der Waals surface area contributed by atoms with Gasteiger partial charge in [0.15, 0.2) is 0 Å². The summed E-state index contributed by atoms with van der Waals surface area (Å²) in [6.07, 6.45) is 2.46. The minimum atomic E-state index is -0.173. The van der Waals surface area contributed by atoms with Crippen LogP contribution in [-0.2, 0) is 0 Å². The molecule has 1 saturated heterocycles. The number of methoxy groups -OCH3 is 2. The molecular formula is C23H32N3O3+. The average molecular weight is 399 g/mol. The minimum Gasteiger partial charge on any atom is -0.496 e. The fourth-order valence-electron chi connectivity index (χ4n) is 4.04. The van der Waals surface area contributed by atoms with E-state index in [4.69, 9.17) is 9.47 Å². The standard InChI is InChI=1S/C23H31N3O3/c1-25(2)18-12-10-17(11-13-18)19(26-14-5-6-15-26)16-24-23(27)22-20(28-3)8-7-9-21(22)29-4/h7-13,19H,5-6,14-16H2,1-4H3,(H,24,27)/p+1/t19-/m0/s1. The molecule has 2 aromatic rings. The molecule has 156 valence electrons. The van der Waals surface area contributed by atoms with Gasteiger partial charge in [0, 0.05) is 38.2 Å². The van der Waals surface area contributed by atoms with Gasteiger partial charge in [-0.3, -0.25) is 4.79 Å². The predicted molar refractivity (Wildman–Crippen MR) is 115 cm³/mol. The van der Waals surface area contributed by atoms with E-state index in [2.05, 4.69) is 34.5 Å². The van der Waals surface area contributed by atoms with E-state index >= 15 is 0 Å². The number of ether oxygens (including phenoxy) is 2. The van der Waals surface area contributed by atoms with E-state index < -0.39 is 0 Å². The summed E-state index contributed by atoms with van der Waals surface area (Å²) in [4.78, 5) is 16.6. The van der Waals surface area contributed by atoms with Crippen LogP contribution in [0.2, 0.25) is 0 Å². The van der Waals surface area contributed by atoms with E-state index in [9.17, 15) is 4.79 Å². The molecule has 3 rings (SSSR count). The third kappa shape index (κ3) is 4.82. The zero-order valence-corrected chi connectivity index (χ0v) is 17.8. The number of nitrogens with zero attached hydrogens (tertiary/aromatic N) is 1. The third-order valence-electron chi connectivity index (χ3n) is 5.67. The molecule has 6 nitrogen and oxygen atoms in total. The molecule has 1 aliphatic heterocycles. The van der Waals surface area contributed by atoms with Gasteiger partial charge in [0.1, 0.15) is 23.1 Å². The Bertz CT molecular complexity index is 792. The molecule has 1 heterocycles. The highest BCUT2D eigenvalue weighted by Gasteiger charge is 2.29. The first-order chi connectivity index (χ1) is 14.0. The Morgan fingerprint density at radius 2 is 1.62 bits per heavy atom. The first-order valence-electron chi connectivity index (χ1n) is 10.2. The van der Waals surface area contributed by atoms with Crippen LogP contribution in [0.1, 0.15) is 34.8 Å². The molecule has 0 bridgehead atoms. The lowest BCUT2D eigenvalue weighted by Gasteiger charge is -2.26. The highest BCUT2D eigenvalue weighted by molar-refractivity contribution is 5.99. The summed E-state index contributed by atoms with van der Waals surface area (Å²) in [6, 6.07) is 14.2. The van der Waals surface area contributed by atoms with E-state index in [1.165, 1.54) is 29.0 Å². The number of anilines is 1. The highest BCUT2D eigenvalue weighted by Crippen LogP contribution is 2.28. The largest absolute Gasteiger partial charge is 0.496 e. The van der Waals surface area contributed by atoms with Crippen molar-refractivity contribution in [2.75, 3.05) is 52.8 Å². The van der Waals surface area contributed by atoms with Gasteiger partial charge < -0.3 is 24.6 Å². The summed E-state index contributed by atoms with van der Waals surface area (Å²) in [6.45, 7) is 2.83. The smallest absolute Gasteiger partial charge is 0.259 e. The topological polar surface area (TPSA) is 55.2 Å². The van der Waals surface area contributed by atoms with E-state index in [1.807, 2.05) is 20.2 Å². The van der Waals surface area contributed by atoms with Crippen LogP contribution in [0.5, 0.6) is 11.5 Å². The molecule has 0 saturated carbocycles. The molecule has 0 radical (unpaired) electrons. The van der Waals surface area contributed by atoms with Crippen molar-refractivity contribution in [2.45, 2.75) is 18.9 Å². The van der Waals surface area contributed by atoms with Crippen molar-refractivity contribution in [1.82, 2.24) is 5.32 Å². The number of carbonyl (C=O) groups excluding carboxylic acids is 1. The predicted octanol–water partition coefficient (Wildman–Crippen LogP) is 1.92. The van der Waals surface area contributed by atoms with Crippen LogP contribution in [0, 0.1) is 0 Å². The summed E-state index contributed by atoms with van der Waals surface area (Å²) in [7, 11) is 7.21. The van der Waals surface area contributed by atoms with Crippen LogP contribution in [0.4, 0.5) is 5.69 Å². The van der Waals surface area contributed by atoms with Gasteiger partial charge in [-0.15, -0.1) is 0 Å². The Hall–Kier alpha value is -2.73. The molecule has 1 fully saturated rings. The molecule has 2 N–H and O–H groups in total. The molecule has 2 aromatic carbocycles. The zero-order chi connectivity index (χ0) is 20.8. The van der Waals surface area contributed by atoms with Crippen molar-refractivity contribution in [1.29, 1.82) is 0 Å². The number of hydrogen-bond donors (Lipinski definition) is 2. The van der Waals surface area contributed by atoms with Crippen LogP contribution >= 0.6 is 0 Å². The molecule has 0 aliphatic carbocycles. The highest BCUT2D eigenvalue weighted by atomic mass is 16.5. The Morgan fingerprint density at radius 3 is 2.14 bits per heavy atom. The molecule has 6 heteroatoms. The number of hydrogen-bond acceptors (Lipinski definition) is 4.